The molecule has 0 radical (unpaired) electrons. The zero-order chi connectivity index (χ0) is 19.1. The number of nitrogens with zero attached hydrogens (tertiary/aromatic N) is 5. The number of piperidine rings is 1. The number of likely N-dealkylation sites (tertiary alicyclic amines) is 1. The van der Waals surface area contributed by atoms with Gasteiger partial charge in [0.1, 0.15) is 5.82 Å². The second-order valence-electron chi connectivity index (χ2n) is 8.04. The van der Waals surface area contributed by atoms with Gasteiger partial charge in [-0.2, -0.15) is 0 Å². The minimum Gasteiger partial charge on any atom is -0.356 e. The molecule has 2 rings (SSSR count). The maximum absolute atomic E-state index is 4.49. The van der Waals surface area contributed by atoms with E-state index in [1.165, 1.54) is 6.42 Å². The molecule has 2 unspecified atom stereocenters. The van der Waals surface area contributed by atoms with Crippen LogP contribution in [0.5, 0.6) is 0 Å². The molecule has 1 N–H and O–H groups in total. The first kappa shape index (κ1) is 21.1. The van der Waals surface area contributed by atoms with Gasteiger partial charge in [-0.05, 0) is 36.9 Å². The van der Waals surface area contributed by atoms with Gasteiger partial charge in [-0.1, -0.05) is 39.5 Å². The van der Waals surface area contributed by atoms with E-state index in [4.69, 9.17) is 0 Å². The van der Waals surface area contributed by atoms with Crippen LogP contribution in [-0.2, 0) is 13.0 Å². The summed E-state index contributed by atoms with van der Waals surface area (Å²) in [5.41, 5.74) is 0. The molecule has 0 aliphatic carbocycles. The van der Waals surface area contributed by atoms with E-state index in [1.54, 1.807) is 11.8 Å². The number of rotatable bonds is 7. The third-order valence-electron chi connectivity index (χ3n) is 4.76. The summed E-state index contributed by atoms with van der Waals surface area (Å²) >= 11 is 1.67. The Balaban J connectivity index is 1.85. The first-order chi connectivity index (χ1) is 12.4. The van der Waals surface area contributed by atoms with Crippen LogP contribution in [0.1, 0.15) is 46.4 Å². The molecule has 1 saturated heterocycles. The van der Waals surface area contributed by atoms with Gasteiger partial charge in [0.25, 0.3) is 0 Å². The number of aryl methyl sites for hydroxylation is 1. The standard InChI is InChI=1S/C19H36N6S/c1-14(2)11-25-17(22-23-19(25)26-6)8-7-9-21-18(20-5)24-12-15(3)10-16(4)13-24/h14-16H,7-13H2,1-6H3,(H,20,21). The van der Waals surface area contributed by atoms with Crippen LogP contribution in [0.3, 0.4) is 0 Å². The highest BCUT2D eigenvalue weighted by molar-refractivity contribution is 7.98. The van der Waals surface area contributed by atoms with Gasteiger partial charge >= 0.3 is 0 Å². The third-order valence-corrected chi connectivity index (χ3v) is 5.43. The normalized spacial score (nSPS) is 21.5. The van der Waals surface area contributed by atoms with E-state index in [-0.39, 0.29) is 0 Å². The lowest BCUT2D eigenvalue weighted by Crippen LogP contribution is -2.48. The summed E-state index contributed by atoms with van der Waals surface area (Å²) in [5, 5.41) is 13.3. The van der Waals surface area contributed by atoms with Gasteiger partial charge in [-0.15, -0.1) is 10.2 Å². The zero-order valence-corrected chi connectivity index (χ0v) is 18.1. The summed E-state index contributed by atoms with van der Waals surface area (Å²) < 4.78 is 2.28. The van der Waals surface area contributed by atoms with Crippen molar-refractivity contribution >= 4 is 17.7 Å². The number of hydrogen-bond donors (Lipinski definition) is 1. The molecule has 1 aromatic heterocycles. The Kier molecular flexibility index (Phi) is 8.25. The highest BCUT2D eigenvalue weighted by Gasteiger charge is 2.23. The number of guanidine groups is 1. The zero-order valence-electron chi connectivity index (χ0n) is 17.3. The Labute approximate surface area is 163 Å². The Morgan fingerprint density at radius 1 is 1.27 bits per heavy atom. The summed E-state index contributed by atoms with van der Waals surface area (Å²) in [5.74, 6) is 4.20. The lowest BCUT2D eigenvalue weighted by Gasteiger charge is -2.37. The number of hydrogen-bond acceptors (Lipinski definition) is 4. The van der Waals surface area contributed by atoms with Crippen molar-refractivity contribution in [2.24, 2.45) is 22.7 Å². The summed E-state index contributed by atoms with van der Waals surface area (Å²) in [4.78, 5) is 6.90. The van der Waals surface area contributed by atoms with E-state index in [2.05, 4.69) is 63.9 Å². The average molecular weight is 381 g/mol. The second-order valence-corrected chi connectivity index (χ2v) is 8.81. The quantitative estimate of drug-likeness (QED) is 0.341. The van der Waals surface area contributed by atoms with Crippen molar-refractivity contribution in [2.75, 3.05) is 32.9 Å². The molecular formula is C19H36N6S. The third kappa shape index (κ3) is 5.89. The fourth-order valence-corrected chi connectivity index (χ4v) is 4.34. The molecule has 1 aliphatic heterocycles. The molecule has 7 heteroatoms. The Hall–Kier alpha value is -1.24. The van der Waals surface area contributed by atoms with Crippen LogP contribution in [0.2, 0.25) is 0 Å². The minimum atomic E-state index is 0.593. The van der Waals surface area contributed by atoms with Gasteiger partial charge in [0, 0.05) is 39.6 Å². The molecule has 148 valence electrons. The molecular weight excluding hydrogens is 344 g/mol. The van der Waals surface area contributed by atoms with Crippen molar-refractivity contribution in [1.29, 1.82) is 0 Å². The predicted octanol–water partition coefficient (Wildman–Crippen LogP) is 3.14. The van der Waals surface area contributed by atoms with Crippen LogP contribution in [0.15, 0.2) is 10.1 Å². The van der Waals surface area contributed by atoms with Gasteiger partial charge in [-0.25, -0.2) is 0 Å². The molecule has 2 heterocycles. The van der Waals surface area contributed by atoms with Gasteiger partial charge < -0.3 is 14.8 Å². The average Bonchev–Trinajstić information content (AvgIpc) is 2.95. The smallest absolute Gasteiger partial charge is 0.193 e. The van der Waals surface area contributed by atoms with Crippen LogP contribution >= 0.6 is 11.8 Å². The minimum absolute atomic E-state index is 0.593. The monoisotopic (exact) mass is 380 g/mol. The first-order valence-corrected chi connectivity index (χ1v) is 11.1. The van der Waals surface area contributed by atoms with Crippen molar-refractivity contribution in [3.05, 3.63) is 5.82 Å². The topological polar surface area (TPSA) is 58.3 Å². The van der Waals surface area contributed by atoms with Crippen LogP contribution in [0, 0.1) is 17.8 Å². The molecule has 0 aromatic carbocycles. The van der Waals surface area contributed by atoms with Crippen LogP contribution in [-0.4, -0.2) is 58.6 Å². The van der Waals surface area contributed by atoms with E-state index in [9.17, 15) is 0 Å². The fraction of sp³-hybridized carbons (Fsp3) is 0.842. The Bertz CT molecular complexity index is 573. The second kappa shape index (κ2) is 10.2. The summed E-state index contributed by atoms with van der Waals surface area (Å²) in [6.45, 7) is 13.2. The molecule has 1 aromatic rings. The van der Waals surface area contributed by atoms with Gasteiger partial charge in [0.05, 0.1) is 0 Å². The molecule has 0 spiro atoms. The largest absolute Gasteiger partial charge is 0.356 e. The van der Waals surface area contributed by atoms with Gasteiger partial charge in [0.2, 0.25) is 0 Å². The lowest BCUT2D eigenvalue weighted by atomic mass is 9.92. The molecule has 1 aliphatic rings. The molecule has 0 saturated carbocycles. The molecule has 0 amide bonds. The van der Waals surface area contributed by atoms with E-state index in [0.717, 1.165) is 67.8 Å². The van der Waals surface area contributed by atoms with Crippen molar-refractivity contribution in [1.82, 2.24) is 25.0 Å². The molecule has 26 heavy (non-hydrogen) atoms. The van der Waals surface area contributed by atoms with Crippen molar-refractivity contribution in [3.8, 4) is 0 Å². The lowest BCUT2D eigenvalue weighted by molar-refractivity contribution is 0.208. The molecule has 0 bridgehead atoms. The Morgan fingerprint density at radius 3 is 2.54 bits per heavy atom. The van der Waals surface area contributed by atoms with Crippen LogP contribution < -0.4 is 5.32 Å². The summed E-state index contributed by atoms with van der Waals surface area (Å²) in [7, 11) is 1.89. The highest BCUT2D eigenvalue weighted by atomic mass is 32.2. The van der Waals surface area contributed by atoms with Crippen molar-refractivity contribution in [2.45, 2.75) is 58.7 Å². The van der Waals surface area contributed by atoms with E-state index >= 15 is 0 Å². The number of aliphatic imine (C=N–C) groups is 1. The number of nitrogens with one attached hydrogen (secondary N) is 1. The van der Waals surface area contributed by atoms with Crippen LogP contribution in [0.4, 0.5) is 0 Å². The number of thioether (sulfide) groups is 1. The molecule has 6 nitrogen and oxygen atoms in total. The first-order valence-electron chi connectivity index (χ1n) is 9.86. The summed E-state index contributed by atoms with van der Waals surface area (Å²) in [6, 6.07) is 0. The SMILES string of the molecule is CN=C(NCCCc1nnc(SC)n1CC(C)C)N1CC(C)CC(C)C1. The van der Waals surface area contributed by atoms with Crippen LogP contribution in [0.25, 0.3) is 0 Å². The fourth-order valence-electron chi connectivity index (χ4n) is 3.82. The van der Waals surface area contributed by atoms with Gasteiger partial charge in [0.15, 0.2) is 11.1 Å². The summed E-state index contributed by atoms with van der Waals surface area (Å²) in [6.07, 6.45) is 5.35. The number of aromatic nitrogens is 3. The van der Waals surface area contributed by atoms with E-state index < -0.39 is 0 Å². The highest BCUT2D eigenvalue weighted by Crippen LogP contribution is 2.21. The predicted molar refractivity (Wildman–Crippen MR) is 111 cm³/mol. The van der Waals surface area contributed by atoms with Crippen molar-refractivity contribution < 1.29 is 0 Å². The maximum atomic E-state index is 4.49. The van der Waals surface area contributed by atoms with Crippen molar-refractivity contribution in [3.63, 3.8) is 0 Å². The van der Waals surface area contributed by atoms with Gasteiger partial charge in [-0.3, -0.25) is 4.99 Å². The molecule has 2 atom stereocenters. The van der Waals surface area contributed by atoms with E-state index in [1.807, 2.05) is 7.05 Å². The Morgan fingerprint density at radius 2 is 1.96 bits per heavy atom. The molecule has 1 fully saturated rings. The maximum Gasteiger partial charge on any atom is 0.193 e. The van der Waals surface area contributed by atoms with E-state index in [0.29, 0.717) is 5.92 Å².